The summed E-state index contributed by atoms with van der Waals surface area (Å²) in [4.78, 5) is 26.8. The maximum Gasteiger partial charge on any atom is 0.304 e. The van der Waals surface area contributed by atoms with Gasteiger partial charge in [0, 0.05) is 39.8 Å². The quantitative estimate of drug-likeness (QED) is 0.908. The van der Waals surface area contributed by atoms with Crippen molar-refractivity contribution in [2.45, 2.75) is 6.42 Å². The SMILES string of the molecule is Cn1c(C(=O)N2CCN(CCC(=O)O)CC2)cc(Cl)c1Cl. The van der Waals surface area contributed by atoms with Gasteiger partial charge in [-0.1, -0.05) is 23.2 Å². The largest absolute Gasteiger partial charge is 0.481 e. The van der Waals surface area contributed by atoms with Crippen molar-refractivity contribution in [1.82, 2.24) is 14.4 Å². The minimum absolute atomic E-state index is 0.107. The van der Waals surface area contributed by atoms with Crippen LogP contribution < -0.4 is 0 Å². The van der Waals surface area contributed by atoms with Crippen LogP contribution in [0.3, 0.4) is 0 Å². The molecular formula is C13H17Cl2N3O3. The first-order valence-corrected chi connectivity index (χ1v) is 7.40. The zero-order valence-corrected chi connectivity index (χ0v) is 13.2. The summed E-state index contributed by atoms with van der Waals surface area (Å²) >= 11 is 11.9. The predicted octanol–water partition coefficient (Wildman–Crippen LogP) is 1.56. The number of rotatable bonds is 4. The number of piperazine rings is 1. The van der Waals surface area contributed by atoms with E-state index < -0.39 is 5.97 Å². The van der Waals surface area contributed by atoms with Gasteiger partial charge in [0.25, 0.3) is 5.91 Å². The zero-order chi connectivity index (χ0) is 15.6. The van der Waals surface area contributed by atoms with Crippen molar-refractivity contribution < 1.29 is 14.7 Å². The molecule has 0 aromatic carbocycles. The van der Waals surface area contributed by atoms with E-state index in [0.29, 0.717) is 48.6 Å². The number of aliphatic carboxylic acids is 1. The highest BCUT2D eigenvalue weighted by Gasteiger charge is 2.25. The molecule has 1 saturated heterocycles. The molecule has 116 valence electrons. The highest BCUT2D eigenvalue weighted by molar-refractivity contribution is 6.41. The van der Waals surface area contributed by atoms with Crippen LogP contribution in [0.1, 0.15) is 16.9 Å². The Kier molecular flexibility index (Phi) is 5.13. The Hall–Kier alpha value is -1.24. The van der Waals surface area contributed by atoms with Gasteiger partial charge in [0.15, 0.2) is 0 Å². The van der Waals surface area contributed by atoms with Crippen molar-refractivity contribution in [1.29, 1.82) is 0 Å². The van der Waals surface area contributed by atoms with Crippen LogP contribution in [0.25, 0.3) is 0 Å². The topological polar surface area (TPSA) is 65.8 Å². The molecule has 1 aromatic rings. The minimum atomic E-state index is -0.804. The molecule has 0 radical (unpaired) electrons. The number of aromatic nitrogens is 1. The van der Waals surface area contributed by atoms with Crippen LogP contribution in [0, 0.1) is 0 Å². The Bertz CT molecular complexity index is 551. The lowest BCUT2D eigenvalue weighted by Crippen LogP contribution is -2.49. The first kappa shape index (κ1) is 16.1. The molecule has 0 atom stereocenters. The highest BCUT2D eigenvalue weighted by Crippen LogP contribution is 2.26. The van der Waals surface area contributed by atoms with E-state index in [0.717, 1.165) is 0 Å². The molecule has 8 heteroatoms. The summed E-state index contributed by atoms with van der Waals surface area (Å²) in [5, 5.41) is 9.38. The molecule has 0 aliphatic carbocycles. The number of carboxylic acid groups (broad SMARTS) is 1. The lowest BCUT2D eigenvalue weighted by Gasteiger charge is -2.34. The molecule has 21 heavy (non-hydrogen) atoms. The Morgan fingerprint density at radius 3 is 2.33 bits per heavy atom. The van der Waals surface area contributed by atoms with Crippen molar-refractivity contribution in [3.05, 3.63) is 21.9 Å². The number of amides is 1. The average Bonchev–Trinajstić information content (AvgIpc) is 2.72. The van der Waals surface area contributed by atoms with Gasteiger partial charge in [0.2, 0.25) is 0 Å². The van der Waals surface area contributed by atoms with E-state index in [1.807, 2.05) is 4.90 Å². The molecule has 1 N–H and O–H groups in total. The lowest BCUT2D eigenvalue weighted by atomic mass is 10.2. The molecule has 1 fully saturated rings. The molecule has 0 spiro atoms. The standard InChI is InChI=1S/C13H17Cl2N3O3/c1-16-10(8-9(14)12(16)15)13(21)18-6-4-17(5-7-18)3-2-11(19)20/h8H,2-7H2,1H3,(H,19,20). The van der Waals surface area contributed by atoms with Crippen molar-refractivity contribution in [3.63, 3.8) is 0 Å². The molecule has 2 rings (SSSR count). The van der Waals surface area contributed by atoms with E-state index in [1.54, 1.807) is 22.6 Å². The number of nitrogens with zero attached hydrogens (tertiary/aromatic N) is 3. The van der Waals surface area contributed by atoms with Gasteiger partial charge in [-0.25, -0.2) is 0 Å². The maximum absolute atomic E-state index is 12.4. The number of carbonyl (C=O) groups excluding carboxylic acids is 1. The van der Waals surface area contributed by atoms with Crippen LogP contribution in [0.2, 0.25) is 10.2 Å². The van der Waals surface area contributed by atoms with Gasteiger partial charge in [-0.3, -0.25) is 14.5 Å². The van der Waals surface area contributed by atoms with Crippen LogP contribution in [0.4, 0.5) is 0 Å². The highest BCUT2D eigenvalue weighted by atomic mass is 35.5. The molecule has 1 aliphatic heterocycles. The number of hydrogen-bond donors (Lipinski definition) is 1. The fourth-order valence-corrected chi connectivity index (χ4v) is 2.71. The third kappa shape index (κ3) is 3.70. The fourth-order valence-electron chi connectivity index (χ4n) is 2.34. The maximum atomic E-state index is 12.4. The first-order valence-electron chi connectivity index (χ1n) is 6.64. The van der Waals surface area contributed by atoms with Crippen LogP contribution in [0.15, 0.2) is 6.07 Å². The zero-order valence-electron chi connectivity index (χ0n) is 11.7. The summed E-state index contributed by atoms with van der Waals surface area (Å²) in [6.07, 6.45) is 0.122. The van der Waals surface area contributed by atoms with Crippen molar-refractivity contribution in [2.75, 3.05) is 32.7 Å². The molecule has 6 nitrogen and oxygen atoms in total. The third-order valence-corrected chi connectivity index (χ3v) is 4.48. The fraction of sp³-hybridized carbons (Fsp3) is 0.538. The summed E-state index contributed by atoms with van der Waals surface area (Å²) < 4.78 is 1.57. The van der Waals surface area contributed by atoms with Gasteiger partial charge in [-0.05, 0) is 6.07 Å². The van der Waals surface area contributed by atoms with Crippen LogP contribution >= 0.6 is 23.2 Å². The van der Waals surface area contributed by atoms with E-state index in [1.165, 1.54) is 0 Å². The molecule has 0 bridgehead atoms. The van der Waals surface area contributed by atoms with E-state index in [2.05, 4.69) is 0 Å². The lowest BCUT2D eigenvalue weighted by molar-refractivity contribution is -0.137. The van der Waals surface area contributed by atoms with Crippen molar-refractivity contribution >= 4 is 35.1 Å². The first-order chi connectivity index (χ1) is 9.90. The predicted molar refractivity (Wildman–Crippen MR) is 80.0 cm³/mol. The van der Waals surface area contributed by atoms with Gasteiger partial charge in [0.1, 0.15) is 10.8 Å². The second-order valence-corrected chi connectivity index (χ2v) is 5.77. The smallest absolute Gasteiger partial charge is 0.304 e. The van der Waals surface area contributed by atoms with Crippen LogP contribution in [-0.4, -0.2) is 64.1 Å². The van der Waals surface area contributed by atoms with Gasteiger partial charge in [-0.2, -0.15) is 0 Å². The minimum Gasteiger partial charge on any atom is -0.481 e. The Morgan fingerprint density at radius 1 is 1.24 bits per heavy atom. The van der Waals surface area contributed by atoms with Gasteiger partial charge in [0.05, 0.1) is 11.4 Å². The van der Waals surface area contributed by atoms with E-state index >= 15 is 0 Å². The molecule has 2 heterocycles. The molecule has 0 saturated carbocycles. The summed E-state index contributed by atoms with van der Waals surface area (Å²) in [6.45, 7) is 2.99. The van der Waals surface area contributed by atoms with Crippen LogP contribution in [-0.2, 0) is 11.8 Å². The molecule has 1 aromatic heterocycles. The second kappa shape index (κ2) is 6.68. The third-order valence-electron chi connectivity index (χ3n) is 3.64. The van der Waals surface area contributed by atoms with Crippen molar-refractivity contribution in [2.24, 2.45) is 7.05 Å². The Morgan fingerprint density at radius 2 is 1.86 bits per heavy atom. The summed E-state index contributed by atoms with van der Waals surface area (Å²) in [5.41, 5.74) is 0.462. The number of carboxylic acids is 1. The molecular weight excluding hydrogens is 317 g/mol. The normalized spacial score (nSPS) is 16.2. The van der Waals surface area contributed by atoms with E-state index in [-0.39, 0.29) is 12.3 Å². The molecule has 0 unspecified atom stereocenters. The van der Waals surface area contributed by atoms with Crippen LogP contribution in [0.5, 0.6) is 0 Å². The summed E-state index contributed by atoms with van der Waals surface area (Å²) in [7, 11) is 1.70. The summed E-state index contributed by atoms with van der Waals surface area (Å²) in [5.74, 6) is -0.911. The van der Waals surface area contributed by atoms with Gasteiger partial charge < -0.3 is 14.6 Å². The van der Waals surface area contributed by atoms with Gasteiger partial charge >= 0.3 is 5.97 Å². The average molecular weight is 334 g/mol. The Balaban J connectivity index is 1.94. The van der Waals surface area contributed by atoms with Crippen molar-refractivity contribution in [3.8, 4) is 0 Å². The number of hydrogen-bond acceptors (Lipinski definition) is 3. The van der Waals surface area contributed by atoms with E-state index in [4.69, 9.17) is 28.3 Å². The summed E-state index contributed by atoms with van der Waals surface area (Å²) in [6, 6.07) is 1.57. The molecule has 1 amide bonds. The number of carbonyl (C=O) groups is 2. The monoisotopic (exact) mass is 333 g/mol. The second-order valence-electron chi connectivity index (χ2n) is 5.00. The Labute approximate surface area is 132 Å². The van der Waals surface area contributed by atoms with Gasteiger partial charge in [-0.15, -0.1) is 0 Å². The van der Waals surface area contributed by atoms with E-state index in [9.17, 15) is 9.59 Å². The number of halogens is 2. The molecule has 1 aliphatic rings.